The van der Waals surface area contributed by atoms with Crippen LogP contribution in [0, 0.1) is 0 Å². The molecule has 0 amide bonds. The van der Waals surface area contributed by atoms with Gasteiger partial charge in [0.05, 0.1) is 22.8 Å². The van der Waals surface area contributed by atoms with Crippen molar-refractivity contribution in [1.29, 1.82) is 0 Å². The highest BCUT2D eigenvalue weighted by molar-refractivity contribution is 7.18. The molecule has 0 saturated heterocycles. The van der Waals surface area contributed by atoms with Gasteiger partial charge in [-0.2, -0.15) is 0 Å². The van der Waals surface area contributed by atoms with E-state index in [1.54, 1.807) is 6.07 Å². The van der Waals surface area contributed by atoms with Gasteiger partial charge in [0.25, 0.3) is 0 Å². The number of hydrogen-bond donors (Lipinski definition) is 0. The lowest BCUT2D eigenvalue weighted by molar-refractivity contribution is 0.0957. The highest BCUT2D eigenvalue weighted by Crippen LogP contribution is 2.22. The monoisotopic (exact) mass is 244 g/mol. The topological polar surface area (TPSA) is 56.0 Å². The van der Waals surface area contributed by atoms with Crippen LogP contribution >= 0.6 is 11.3 Å². The fourth-order valence-corrected chi connectivity index (χ4v) is 2.55. The van der Waals surface area contributed by atoms with Gasteiger partial charge in [-0.15, -0.1) is 11.3 Å². The fourth-order valence-electron chi connectivity index (χ4n) is 1.58. The number of para-hydroxylation sites is 1. The molecule has 0 radical (unpaired) electrons. The lowest BCUT2D eigenvalue weighted by atomic mass is 10.2. The van der Waals surface area contributed by atoms with Crippen molar-refractivity contribution in [1.82, 2.24) is 10.1 Å². The van der Waals surface area contributed by atoms with Crippen LogP contribution in [0.5, 0.6) is 0 Å². The number of carbonyl (C=O) groups is 1. The van der Waals surface area contributed by atoms with E-state index in [2.05, 4.69) is 10.1 Å². The van der Waals surface area contributed by atoms with Crippen molar-refractivity contribution in [2.24, 2.45) is 0 Å². The normalized spacial score (nSPS) is 10.8. The Hall–Kier alpha value is -2.01. The molecule has 2 aromatic heterocycles. The van der Waals surface area contributed by atoms with E-state index in [0.29, 0.717) is 0 Å². The van der Waals surface area contributed by atoms with E-state index >= 15 is 0 Å². The van der Waals surface area contributed by atoms with Gasteiger partial charge in [-0.05, 0) is 12.1 Å². The summed E-state index contributed by atoms with van der Waals surface area (Å²) in [6, 6.07) is 9.39. The molecule has 0 atom stereocenters. The molecule has 17 heavy (non-hydrogen) atoms. The smallest absolute Gasteiger partial charge is 0.207 e. The molecule has 2 heterocycles. The van der Waals surface area contributed by atoms with Gasteiger partial charge in [0.15, 0.2) is 0 Å². The molecule has 0 fully saturated rings. The molecule has 0 aliphatic carbocycles. The summed E-state index contributed by atoms with van der Waals surface area (Å²) in [6.07, 6.45) is 1.72. The Morgan fingerprint density at radius 3 is 2.94 bits per heavy atom. The number of nitrogens with zero attached hydrogens (tertiary/aromatic N) is 2. The molecule has 0 unspecified atom stereocenters. The van der Waals surface area contributed by atoms with E-state index in [4.69, 9.17) is 4.52 Å². The number of fused-ring (bicyclic) bond motifs is 1. The molecule has 1 aromatic carbocycles. The number of hydrogen-bond acceptors (Lipinski definition) is 5. The Morgan fingerprint density at radius 1 is 1.29 bits per heavy atom. The number of Topliss-reactive ketones (excluding diaryl/α,β-unsaturated/α-hetero) is 1. The summed E-state index contributed by atoms with van der Waals surface area (Å²) in [5.41, 5.74) is 0.929. The summed E-state index contributed by atoms with van der Waals surface area (Å²) in [5.74, 6) is 0.186. The first kappa shape index (κ1) is 10.2. The molecule has 0 aliphatic heterocycles. The zero-order chi connectivity index (χ0) is 11.7. The van der Waals surface area contributed by atoms with E-state index < -0.39 is 0 Å². The minimum absolute atomic E-state index is 0.0958. The second-order valence-corrected chi connectivity index (χ2v) is 4.67. The maximum atomic E-state index is 11.8. The Bertz CT molecular complexity index is 625. The summed E-state index contributed by atoms with van der Waals surface area (Å²) >= 11 is 1.53. The van der Waals surface area contributed by atoms with Crippen molar-refractivity contribution in [2.45, 2.75) is 6.42 Å². The number of carbonyl (C=O) groups excluding carboxylic acids is 1. The molecule has 0 bridgehead atoms. The molecule has 84 valence electrons. The number of aromatic nitrogens is 2. The van der Waals surface area contributed by atoms with Crippen LogP contribution in [0.1, 0.15) is 15.6 Å². The molecule has 3 aromatic rings. The van der Waals surface area contributed by atoms with Crippen LogP contribution in [-0.2, 0) is 6.42 Å². The van der Waals surface area contributed by atoms with Crippen LogP contribution in [0.2, 0.25) is 0 Å². The average molecular weight is 244 g/mol. The van der Waals surface area contributed by atoms with Crippen molar-refractivity contribution in [3.8, 4) is 0 Å². The van der Waals surface area contributed by atoms with Gasteiger partial charge in [-0.25, -0.2) is 4.98 Å². The zero-order valence-electron chi connectivity index (χ0n) is 8.79. The van der Waals surface area contributed by atoms with Gasteiger partial charge in [-0.1, -0.05) is 17.3 Å². The number of ketones is 1. The fraction of sp³-hybridized carbons (Fsp3) is 0.0833. The second-order valence-electron chi connectivity index (χ2n) is 3.55. The van der Waals surface area contributed by atoms with Crippen molar-refractivity contribution >= 4 is 27.3 Å². The third-order valence-electron chi connectivity index (χ3n) is 2.36. The molecule has 4 nitrogen and oxygen atoms in total. The molecule has 0 N–H and O–H groups in total. The van der Waals surface area contributed by atoms with Crippen molar-refractivity contribution < 1.29 is 9.32 Å². The molecule has 5 heteroatoms. The molecule has 0 aliphatic rings. The van der Waals surface area contributed by atoms with Gasteiger partial charge in [-0.3, -0.25) is 4.79 Å². The average Bonchev–Trinajstić information content (AvgIpc) is 2.97. The quantitative estimate of drug-likeness (QED) is 0.665. The highest BCUT2D eigenvalue weighted by atomic mass is 32.1. The van der Waals surface area contributed by atoms with E-state index in [0.717, 1.165) is 15.2 Å². The first-order valence-electron chi connectivity index (χ1n) is 5.11. The summed E-state index contributed by atoms with van der Waals surface area (Å²) in [7, 11) is 0. The Labute approximate surface area is 101 Å². The van der Waals surface area contributed by atoms with E-state index in [1.165, 1.54) is 17.5 Å². The number of rotatable bonds is 3. The van der Waals surface area contributed by atoms with Crippen molar-refractivity contribution in [3.63, 3.8) is 0 Å². The number of thiazole rings is 1. The van der Waals surface area contributed by atoms with Gasteiger partial charge in [0.1, 0.15) is 5.01 Å². The van der Waals surface area contributed by atoms with E-state index in [1.807, 2.05) is 24.3 Å². The van der Waals surface area contributed by atoms with Gasteiger partial charge < -0.3 is 4.52 Å². The molecule has 0 spiro atoms. The van der Waals surface area contributed by atoms with Gasteiger partial charge >= 0.3 is 0 Å². The maximum absolute atomic E-state index is 11.8. The van der Waals surface area contributed by atoms with Crippen LogP contribution in [0.25, 0.3) is 10.2 Å². The second kappa shape index (κ2) is 4.10. The third kappa shape index (κ3) is 1.97. The minimum atomic E-state index is -0.0958. The Kier molecular flexibility index (Phi) is 2.45. The molecule has 0 saturated carbocycles. The first-order valence-corrected chi connectivity index (χ1v) is 5.93. The number of benzene rings is 1. The van der Waals surface area contributed by atoms with Crippen LogP contribution in [0.3, 0.4) is 0 Å². The maximum Gasteiger partial charge on any atom is 0.207 e. The van der Waals surface area contributed by atoms with E-state index in [-0.39, 0.29) is 18.0 Å². The van der Waals surface area contributed by atoms with Gasteiger partial charge in [0, 0.05) is 6.07 Å². The predicted octanol–water partition coefficient (Wildman–Crippen LogP) is 2.71. The first-order chi connectivity index (χ1) is 8.33. The Balaban J connectivity index is 1.88. The van der Waals surface area contributed by atoms with Crippen LogP contribution in [0.15, 0.2) is 41.1 Å². The lowest BCUT2D eigenvalue weighted by Crippen LogP contribution is -2.01. The largest absolute Gasteiger partial charge is 0.353 e. The van der Waals surface area contributed by atoms with Crippen LogP contribution < -0.4 is 0 Å². The summed E-state index contributed by atoms with van der Waals surface area (Å²) in [6.45, 7) is 0. The highest BCUT2D eigenvalue weighted by Gasteiger charge is 2.13. The lowest BCUT2D eigenvalue weighted by Gasteiger charge is -1.90. The van der Waals surface area contributed by atoms with Crippen molar-refractivity contribution in [2.75, 3.05) is 0 Å². The summed E-state index contributed by atoms with van der Waals surface area (Å²) < 4.78 is 5.91. The zero-order valence-corrected chi connectivity index (χ0v) is 9.61. The standard InChI is InChI=1S/C12H8N2O2S/c15-9(10-5-6-13-16-10)7-12-14-8-3-1-2-4-11(8)17-12/h1-6H,7H2. The molecular formula is C12H8N2O2S. The summed E-state index contributed by atoms with van der Waals surface area (Å²) in [4.78, 5) is 16.2. The summed E-state index contributed by atoms with van der Waals surface area (Å²) in [5, 5.41) is 4.31. The molecular weight excluding hydrogens is 236 g/mol. The third-order valence-corrected chi connectivity index (χ3v) is 3.40. The minimum Gasteiger partial charge on any atom is -0.353 e. The van der Waals surface area contributed by atoms with Gasteiger partial charge in [0.2, 0.25) is 11.5 Å². The SMILES string of the molecule is O=C(Cc1nc2ccccc2s1)c1ccno1. The van der Waals surface area contributed by atoms with Crippen LogP contribution in [0.4, 0.5) is 0 Å². The molecule has 3 rings (SSSR count). The van der Waals surface area contributed by atoms with Crippen molar-refractivity contribution in [3.05, 3.63) is 47.3 Å². The van der Waals surface area contributed by atoms with E-state index in [9.17, 15) is 4.79 Å². The van der Waals surface area contributed by atoms with Crippen LogP contribution in [-0.4, -0.2) is 15.9 Å². The predicted molar refractivity (Wildman–Crippen MR) is 64.2 cm³/mol. The Morgan fingerprint density at radius 2 is 2.18 bits per heavy atom.